The minimum absolute atomic E-state index is 0.0149. The van der Waals surface area contributed by atoms with Crippen LogP contribution in [0.5, 0.6) is 5.75 Å². The summed E-state index contributed by atoms with van der Waals surface area (Å²) >= 11 is 0. The number of nitrogen functional groups attached to an aromatic ring is 1. The standard InChI is InChI=1S/C10H16N2O3S/c1-8(2)16(13,14)7-6-15-9-4-3-5-12-10(9)11/h3-5,8H,6-7H2,1-2H3,(H2,11,12). The Kier molecular flexibility index (Phi) is 4.12. The van der Waals surface area contributed by atoms with E-state index < -0.39 is 9.84 Å². The normalized spacial score (nSPS) is 11.7. The van der Waals surface area contributed by atoms with E-state index in [2.05, 4.69) is 4.98 Å². The molecule has 0 fully saturated rings. The molecule has 2 N–H and O–H groups in total. The second-order valence-corrected chi connectivity index (χ2v) is 6.33. The molecular weight excluding hydrogens is 228 g/mol. The number of hydrogen-bond acceptors (Lipinski definition) is 5. The van der Waals surface area contributed by atoms with Crippen LogP contribution in [0.3, 0.4) is 0 Å². The predicted octanol–water partition coefficient (Wildman–Crippen LogP) is 0.866. The molecule has 0 radical (unpaired) electrons. The van der Waals surface area contributed by atoms with E-state index >= 15 is 0 Å². The summed E-state index contributed by atoms with van der Waals surface area (Å²) in [5.74, 6) is 0.671. The Morgan fingerprint density at radius 2 is 2.19 bits per heavy atom. The van der Waals surface area contributed by atoms with Crippen LogP contribution in [-0.4, -0.2) is 31.0 Å². The highest BCUT2D eigenvalue weighted by molar-refractivity contribution is 7.91. The summed E-state index contributed by atoms with van der Waals surface area (Å²) in [6.45, 7) is 3.39. The van der Waals surface area contributed by atoms with E-state index in [1.807, 2.05) is 0 Å². The van der Waals surface area contributed by atoms with Gasteiger partial charge in [0.15, 0.2) is 21.4 Å². The fourth-order valence-electron chi connectivity index (χ4n) is 1.03. The zero-order valence-electron chi connectivity index (χ0n) is 9.38. The Bertz CT molecular complexity index is 443. The average Bonchev–Trinajstić information content (AvgIpc) is 2.20. The summed E-state index contributed by atoms with van der Waals surface area (Å²) in [6, 6.07) is 3.34. The fourth-order valence-corrected chi connectivity index (χ4v) is 1.82. The number of sulfone groups is 1. The number of nitrogens with two attached hydrogens (primary N) is 1. The molecule has 0 aromatic carbocycles. The first kappa shape index (κ1) is 12.8. The third kappa shape index (κ3) is 3.37. The second kappa shape index (κ2) is 5.16. The predicted molar refractivity (Wildman–Crippen MR) is 63.1 cm³/mol. The van der Waals surface area contributed by atoms with Gasteiger partial charge in [0.2, 0.25) is 0 Å². The van der Waals surface area contributed by atoms with Gasteiger partial charge < -0.3 is 10.5 Å². The van der Waals surface area contributed by atoms with E-state index in [0.29, 0.717) is 5.75 Å². The largest absolute Gasteiger partial charge is 0.489 e. The quantitative estimate of drug-likeness (QED) is 0.831. The molecule has 0 aliphatic rings. The minimum Gasteiger partial charge on any atom is -0.489 e. The van der Waals surface area contributed by atoms with Gasteiger partial charge in [-0.25, -0.2) is 13.4 Å². The molecule has 0 amide bonds. The van der Waals surface area contributed by atoms with Gasteiger partial charge in [0.25, 0.3) is 0 Å². The van der Waals surface area contributed by atoms with Gasteiger partial charge >= 0.3 is 0 Å². The van der Waals surface area contributed by atoms with Gasteiger partial charge in [-0.2, -0.15) is 0 Å². The van der Waals surface area contributed by atoms with Crippen molar-refractivity contribution < 1.29 is 13.2 Å². The van der Waals surface area contributed by atoms with E-state index in [0.717, 1.165) is 0 Å². The zero-order chi connectivity index (χ0) is 12.2. The summed E-state index contributed by atoms with van der Waals surface area (Å²) in [7, 11) is -3.07. The van der Waals surface area contributed by atoms with Crippen LogP contribution in [0.15, 0.2) is 18.3 Å². The van der Waals surface area contributed by atoms with Crippen molar-refractivity contribution in [2.75, 3.05) is 18.1 Å². The Morgan fingerprint density at radius 3 is 2.75 bits per heavy atom. The molecule has 6 heteroatoms. The van der Waals surface area contributed by atoms with Gasteiger partial charge in [-0.3, -0.25) is 0 Å². The molecule has 0 saturated carbocycles. The van der Waals surface area contributed by atoms with Crippen molar-refractivity contribution in [2.24, 2.45) is 0 Å². The monoisotopic (exact) mass is 244 g/mol. The molecular formula is C10H16N2O3S. The lowest BCUT2D eigenvalue weighted by Gasteiger charge is -2.10. The van der Waals surface area contributed by atoms with Crippen molar-refractivity contribution in [3.63, 3.8) is 0 Å². The maximum Gasteiger partial charge on any atom is 0.166 e. The van der Waals surface area contributed by atoms with Gasteiger partial charge in [0.05, 0.1) is 11.0 Å². The molecule has 1 heterocycles. The zero-order valence-corrected chi connectivity index (χ0v) is 10.2. The van der Waals surface area contributed by atoms with Crippen LogP contribution in [0, 0.1) is 0 Å². The van der Waals surface area contributed by atoms with Gasteiger partial charge in [-0.05, 0) is 26.0 Å². The van der Waals surface area contributed by atoms with E-state index in [1.54, 1.807) is 32.2 Å². The Hall–Kier alpha value is -1.30. The van der Waals surface area contributed by atoms with Crippen molar-refractivity contribution >= 4 is 15.7 Å². The highest BCUT2D eigenvalue weighted by atomic mass is 32.2. The number of anilines is 1. The smallest absolute Gasteiger partial charge is 0.166 e. The number of aromatic nitrogens is 1. The minimum atomic E-state index is -3.07. The van der Waals surface area contributed by atoms with Crippen molar-refractivity contribution in [2.45, 2.75) is 19.1 Å². The molecule has 0 aliphatic carbocycles. The number of ether oxygens (including phenoxy) is 1. The maximum atomic E-state index is 11.5. The van der Waals surface area contributed by atoms with Gasteiger partial charge in [0, 0.05) is 6.20 Å². The lowest BCUT2D eigenvalue weighted by Crippen LogP contribution is -2.22. The lowest BCUT2D eigenvalue weighted by atomic mass is 10.4. The third-order valence-corrected chi connectivity index (χ3v) is 4.32. The molecule has 90 valence electrons. The first-order chi connectivity index (χ1) is 7.43. The molecule has 1 rings (SSSR count). The molecule has 16 heavy (non-hydrogen) atoms. The third-order valence-electron chi connectivity index (χ3n) is 2.14. The molecule has 0 spiro atoms. The molecule has 0 bridgehead atoms. The van der Waals surface area contributed by atoms with Gasteiger partial charge in [-0.15, -0.1) is 0 Å². The average molecular weight is 244 g/mol. The Balaban J connectivity index is 2.52. The topological polar surface area (TPSA) is 82.3 Å². The van der Waals surface area contributed by atoms with Crippen molar-refractivity contribution in [1.82, 2.24) is 4.98 Å². The van der Waals surface area contributed by atoms with E-state index in [4.69, 9.17) is 10.5 Å². The molecule has 1 aromatic heterocycles. The van der Waals surface area contributed by atoms with Crippen LogP contribution in [0.1, 0.15) is 13.8 Å². The second-order valence-electron chi connectivity index (χ2n) is 3.65. The van der Waals surface area contributed by atoms with E-state index in [1.165, 1.54) is 0 Å². The first-order valence-electron chi connectivity index (χ1n) is 4.98. The van der Waals surface area contributed by atoms with Crippen LogP contribution >= 0.6 is 0 Å². The van der Waals surface area contributed by atoms with Crippen LogP contribution < -0.4 is 10.5 Å². The molecule has 0 unspecified atom stereocenters. The van der Waals surface area contributed by atoms with Crippen molar-refractivity contribution in [3.05, 3.63) is 18.3 Å². The van der Waals surface area contributed by atoms with Crippen LogP contribution in [-0.2, 0) is 9.84 Å². The fraction of sp³-hybridized carbons (Fsp3) is 0.500. The maximum absolute atomic E-state index is 11.5. The van der Waals surface area contributed by atoms with E-state index in [-0.39, 0.29) is 23.4 Å². The number of hydrogen-bond donors (Lipinski definition) is 1. The molecule has 0 aliphatic heterocycles. The SMILES string of the molecule is CC(C)S(=O)(=O)CCOc1cccnc1N. The lowest BCUT2D eigenvalue weighted by molar-refractivity contribution is 0.341. The van der Waals surface area contributed by atoms with Crippen molar-refractivity contribution in [1.29, 1.82) is 0 Å². The van der Waals surface area contributed by atoms with Crippen LogP contribution in [0.2, 0.25) is 0 Å². The summed E-state index contributed by atoms with van der Waals surface area (Å²) in [5, 5.41) is -0.387. The van der Waals surface area contributed by atoms with Gasteiger partial charge in [0.1, 0.15) is 6.61 Å². The molecule has 0 atom stereocenters. The molecule has 1 aromatic rings. The number of pyridine rings is 1. The van der Waals surface area contributed by atoms with Crippen LogP contribution in [0.25, 0.3) is 0 Å². The van der Waals surface area contributed by atoms with E-state index in [9.17, 15) is 8.42 Å². The summed E-state index contributed by atoms with van der Waals surface area (Å²) in [4.78, 5) is 3.83. The Morgan fingerprint density at radius 1 is 1.50 bits per heavy atom. The summed E-state index contributed by atoms with van der Waals surface area (Å²) in [6.07, 6.45) is 1.55. The summed E-state index contributed by atoms with van der Waals surface area (Å²) < 4.78 is 28.2. The number of nitrogens with zero attached hydrogens (tertiary/aromatic N) is 1. The first-order valence-corrected chi connectivity index (χ1v) is 6.70. The van der Waals surface area contributed by atoms with Crippen molar-refractivity contribution in [3.8, 4) is 5.75 Å². The Labute approximate surface area is 95.6 Å². The molecule has 0 saturated heterocycles. The molecule has 5 nitrogen and oxygen atoms in total. The van der Waals surface area contributed by atoms with Gasteiger partial charge in [-0.1, -0.05) is 0 Å². The summed E-state index contributed by atoms with van der Waals surface area (Å²) in [5.41, 5.74) is 5.54. The highest BCUT2D eigenvalue weighted by Gasteiger charge is 2.16. The number of rotatable bonds is 5. The van der Waals surface area contributed by atoms with Crippen LogP contribution in [0.4, 0.5) is 5.82 Å². The highest BCUT2D eigenvalue weighted by Crippen LogP contribution is 2.16.